The van der Waals surface area contributed by atoms with Gasteiger partial charge in [-0.1, -0.05) is 71.9 Å². The number of piperazine rings is 1. The van der Waals surface area contributed by atoms with Crippen LogP contribution in [-0.4, -0.2) is 42.3 Å². The van der Waals surface area contributed by atoms with Gasteiger partial charge in [-0.15, -0.1) is 0 Å². The lowest BCUT2D eigenvalue weighted by Crippen LogP contribution is -2.46. The Hall–Kier alpha value is -2.27. The number of nitrogens with zero attached hydrogens (tertiary/aromatic N) is 3. The number of halogens is 1. The molecule has 1 fully saturated rings. The van der Waals surface area contributed by atoms with E-state index >= 15 is 0 Å². The summed E-state index contributed by atoms with van der Waals surface area (Å²) >= 11 is 8.28. The van der Waals surface area contributed by atoms with Crippen molar-refractivity contribution in [2.45, 2.75) is 22.3 Å². The fraction of sp³-hybridized carbons (Fsp3) is 0.240. The summed E-state index contributed by atoms with van der Waals surface area (Å²) < 4.78 is 0. The molecule has 0 amide bonds. The van der Waals surface area contributed by atoms with Crippen LogP contribution in [0.3, 0.4) is 0 Å². The molecule has 1 atom stereocenters. The van der Waals surface area contributed by atoms with Crippen LogP contribution >= 0.6 is 23.4 Å². The molecule has 2 aliphatic heterocycles. The summed E-state index contributed by atoms with van der Waals surface area (Å²) in [7, 11) is 0. The number of hydrazone groups is 1. The fourth-order valence-corrected chi connectivity index (χ4v) is 5.53. The maximum Gasteiger partial charge on any atom is 0.0542 e. The summed E-state index contributed by atoms with van der Waals surface area (Å²) in [5.41, 5.74) is 3.91. The quantitative estimate of drug-likeness (QED) is 0.491. The van der Waals surface area contributed by atoms with Gasteiger partial charge in [-0.2, -0.15) is 5.10 Å². The van der Waals surface area contributed by atoms with E-state index in [4.69, 9.17) is 16.7 Å². The molecule has 3 aromatic carbocycles. The van der Waals surface area contributed by atoms with Crippen LogP contribution in [0.2, 0.25) is 5.02 Å². The Morgan fingerprint density at radius 1 is 0.867 bits per heavy atom. The van der Waals surface area contributed by atoms with Crippen LogP contribution in [0.5, 0.6) is 0 Å². The van der Waals surface area contributed by atoms with Gasteiger partial charge in [-0.3, -0.25) is 9.91 Å². The van der Waals surface area contributed by atoms with E-state index in [1.54, 1.807) is 0 Å². The molecule has 5 heteroatoms. The van der Waals surface area contributed by atoms with Gasteiger partial charge in [-0.25, -0.2) is 0 Å². The predicted octanol–water partition coefficient (Wildman–Crippen LogP) is 5.74. The zero-order valence-electron chi connectivity index (χ0n) is 16.7. The van der Waals surface area contributed by atoms with Crippen LogP contribution in [0, 0.1) is 0 Å². The van der Waals surface area contributed by atoms with Crippen LogP contribution in [0.15, 0.2) is 87.7 Å². The highest BCUT2D eigenvalue weighted by Gasteiger charge is 2.29. The SMILES string of the molecule is Clc1ccc2c(c1)C(N1CCN(N=Cc3ccccc3)CC1)Cc1ccccc1S2. The largest absolute Gasteiger partial charge is 0.294 e. The third-order valence-corrected chi connectivity index (χ3v) is 7.28. The van der Waals surface area contributed by atoms with Crippen LogP contribution < -0.4 is 0 Å². The summed E-state index contributed by atoms with van der Waals surface area (Å²) in [5.74, 6) is 0. The van der Waals surface area contributed by atoms with Gasteiger partial charge >= 0.3 is 0 Å². The van der Waals surface area contributed by atoms with Gasteiger partial charge in [0.05, 0.1) is 6.21 Å². The lowest BCUT2D eigenvalue weighted by atomic mass is 9.97. The van der Waals surface area contributed by atoms with Gasteiger partial charge in [0.25, 0.3) is 0 Å². The van der Waals surface area contributed by atoms with Crippen molar-refractivity contribution in [3.63, 3.8) is 0 Å². The van der Waals surface area contributed by atoms with E-state index in [1.165, 1.54) is 20.9 Å². The number of hydrogen-bond acceptors (Lipinski definition) is 4. The minimum Gasteiger partial charge on any atom is -0.294 e. The van der Waals surface area contributed by atoms with Gasteiger partial charge in [0.2, 0.25) is 0 Å². The van der Waals surface area contributed by atoms with Crippen molar-refractivity contribution in [2.24, 2.45) is 5.10 Å². The molecular formula is C25H24ClN3S. The molecule has 0 spiro atoms. The molecule has 0 saturated carbocycles. The van der Waals surface area contributed by atoms with E-state index in [0.29, 0.717) is 6.04 Å². The van der Waals surface area contributed by atoms with E-state index < -0.39 is 0 Å². The van der Waals surface area contributed by atoms with Crippen molar-refractivity contribution in [2.75, 3.05) is 26.2 Å². The smallest absolute Gasteiger partial charge is 0.0542 e. The molecule has 30 heavy (non-hydrogen) atoms. The molecule has 1 saturated heterocycles. The minimum atomic E-state index is 0.343. The Bertz CT molecular complexity index is 1050. The first-order valence-corrected chi connectivity index (χ1v) is 11.6. The third kappa shape index (κ3) is 4.27. The van der Waals surface area contributed by atoms with Crippen LogP contribution in [0.4, 0.5) is 0 Å². The first-order valence-electron chi connectivity index (χ1n) is 10.4. The lowest BCUT2D eigenvalue weighted by molar-refractivity contribution is 0.0971. The fourth-order valence-electron chi connectivity index (χ4n) is 4.23. The van der Waals surface area contributed by atoms with Crippen molar-refractivity contribution in [3.8, 4) is 0 Å². The molecule has 3 nitrogen and oxygen atoms in total. The summed E-state index contributed by atoms with van der Waals surface area (Å²) in [5, 5.41) is 7.70. The second-order valence-corrected chi connectivity index (χ2v) is 9.28. The molecule has 2 heterocycles. The number of fused-ring (bicyclic) bond motifs is 2. The molecule has 5 rings (SSSR count). The standard InChI is InChI=1S/C25H24ClN3S/c26-21-10-11-25-22(17-21)23(16-20-8-4-5-9-24(20)30-25)28-12-14-29(15-13-28)27-18-19-6-2-1-3-7-19/h1-11,17-18,23H,12-16H2. The van der Waals surface area contributed by atoms with Crippen molar-refractivity contribution in [1.82, 2.24) is 9.91 Å². The second-order valence-electron chi connectivity index (χ2n) is 7.76. The normalized spacial score (nSPS) is 19.4. The Morgan fingerprint density at radius 2 is 1.63 bits per heavy atom. The van der Waals surface area contributed by atoms with Crippen LogP contribution in [0.25, 0.3) is 0 Å². The zero-order valence-corrected chi connectivity index (χ0v) is 18.3. The van der Waals surface area contributed by atoms with Crippen LogP contribution in [-0.2, 0) is 6.42 Å². The van der Waals surface area contributed by atoms with Crippen molar-refractivity contribution < 1.29 is 0 Å². The summed E-state index contributed by atoms with van der Waals surface area (Å²) in [4.78, 5) is 5.28. The Balaban J connectivity index is 1.35. The molecule has 0 bridgehead atoms. The van der Waals surface area contributed by atoms with Gasteiger partial charge < -0.3 is 0 Å². The Morgan fingerprint density at radius 3 is 2.47 bits per heavy atom. The van der Waals surface area contributed by atoms with E-state index in [0.717, 1.165) is 43.2 Å². The summed E-state index contributed by atoms with van der Waals surface area (Å²) in [6, 6.07) is 25.8. The van der Waals surface area contributed by atoms with E-state index in [-0.39, 0.29) is 0 Å². The molecule has 2 aliphatic rings. The molecule has 0 aromatic heterocycles. The van der Waals surface area contributed by atoms with Gasteiger partial charge in [0.1, 0.15) is 0 Å². The van der Waals surface area contributed by atoms with E-state index in [9.17, 15) is 0 Å². The topological polar surface area (TPSA) is 18.8 Å². The first kappa shape index (κ1) is 19.7. The maximum atomic E-state index is 6.41. The predicted molar refractivity (Wildman–Crippen MR) is 126 cm³/mol. The molecular weight excluding hydrogens is 410 g/mol. The summed E-state index contributed by atoms with van der Waals surface area (Å²) in [6.45, 7) is 3.86. The maximum absolute atomic E-state index is 6.41. The van der Waals surface area contributed by atoms with E-state index in [1.807, 2.05) is 42.2 Å². The van der Waals surface area contributed by atoms with Gasteiger partial charge in [0, 0.05) is 47.0 Å². The highest BCUT2D eigenvalue weighted by atomic mass is 35.5. The number of hydrogen-bond donors (Lipinski definition) is 0. The number of rotatable bonds is 3. The lowest BCUT2D eigenvalue weighted by Gasteiger charge is -2.38. The van der Waals surface area contributed by atoms with E-state index in [2.05, 4.69) is 58.4 Å². The highest BCUT2D eigenvalue weighted by molar-refractivity contribution is 7.99. The zero-order chi connectivity index (χ0) is 20.3. The van der Waals surface area contributed by atoms with Crippen molar-refractivity contribution in [3.05, 3.63) is 94.5 Å². The van der Waals surface area contributed by atoms with Crippen molar-refractivity contribution >= 4 is 29.6 Å². The summed E-state index contributed by atoms with van der Waals surface area (Å²) in [6.07, 6.45) is 2.98. The molecule has 0 N–H and O–H groups in total. The monoisotopic (exact) mass is 433 g/mol. The average molecular weight is 434 g/mol. The molecule has 0 radical (unpaired) electrons. The highest BCUT2D eigenvalue weighted by Crippen LogP contribution is 2.43. The molecule has 0 aliphatic carbocycles. The first-order chi connectivity index (χ1) is 14.8. The van der Waals surface area contributed by atoms with Crippen molar-refractivity contribution in [1.29, 1.82) is 0 Å². The van der Waals surface area contributed by atoms with Gasteiger partial charge in [0.15, 0.2) is 0 Å². The molecule has 1 unspecified atom stereocenters. The molecule has 152 valence electrons. The second kappa shape index (κ2) is 8.84. The van der Waals surface area contributed by atoms with Crippen LogP contribution in [0.1, 0.15) is 22.7 Å². The minimum absolute atomic E-state index is 0.343. The Kier molecular flexibility index (Phi) is 5.80. The molecule has 3 aromatic rings. The average Bonchev–Trinajstić information content (AvgIpc) is 2.95. The number of benzene rings is 3. The van der Waals surface area contributed by atoms with Gasteiger partial charge in [-0.05, 0) is 47.4 Å². The Labute approximate surface area is 187 Å². The third-order valence-electron chi connectivity index (χ3n) is 5.84.